The Bertz CT molecular complexity index is 850. The van der Waals surface area contributed by atoms with Crippen LogP contribution in [-0.2, 0) is 4.79 Å². The number of aromatic nitrogens is 1. The molecule has 1 aromatic carbocycles. The van der Waals surface area contributed by atoms with Crippen LogP contribution in [0.4, 0.5) is 4.39 Å². The van der Waals surface area contributed by atoms with E-state index in [0.717, 1.165) is 11.3 Å². The molecule has 0 aliphatic carbocycles. The second-order valence-electron chi connectivity index (χ2n) is 4.56. The summed E-state index contributed by atoms with van der Waals surface area (Å²) in [4.78, 5) is 25.6. The number of hydrogen-bond acceptors (Lipinski definition) is 3. The minimum absolute atomic E-state index is 0.339. The van der Waals surface area contributed by atoms with Crippen LogP contribution < -0.4 is 0 Å². The molecule has 21 heavy (non-hydrogen) atoms. The number of Topliss-reactive ketones (excluding diaryl/α,β-unsaturated/α-hetero) is 1. The maximum absolute atomic E-state index is 13.9. The zero-order valence-electron chi connectivity index (χ0n) is 10.7. The van der Waals surface area contributed by atoms with Crippen molar-refractivity contribution >= 4 is 34.0 Å². The Morgan fingerprint density at radius 2 is 2.14 bits per heavy atom. The monoisotopic (exact) mass is 303 g/mol. The lowest BCUT2D eigenvalue weighted by Crippen LogP contribution is -2.04. The zero-order chi connectivity index (χ0) is 15.0. The average molecular weight is 303 g/mol. The number of hydrogen-bond donors (Lipinski definition) is 2. The normalized spacial score (nSPS) is 10.9. The van der Waals surface area contributed by atoms with Gasteiger partial charge in [0.25, 0.3) is 0 Å². The number of aliphatic carboxylic acids is 1. The molecule has 0 unspecified atom stereocenters. The van der Waals surface area contributed by atoms with Crippen molar-refractivity contribution in [2.24, 2.45) is 0 Å². The van der Waals surface area contributed by atoms with E-state index < -0.39 is 18.2 Å². The summed E-state index contributed by atoms with van der Waals surface area (Å²) >= 11 is 1.16. The second-order valence-corrected chi connectivity index (χ2v) is 5.47. The molecule has 0 aliphatic rings. The van der Waals surface area contributed by atoms with E-state index in [1.807, 2.05) is 0 Å². The van der Waals surface area contributed by atoms with Crippen LogP contribution in [0.3, 0.4) is 0 Å². The van der Waals surface area contributed by atoms with Crippen molar-refractivity contribution < 1.29 is 19.1 Å². The van der Waals surface area contributed by atoms with E-state index in [1.54, 1.807) is 29.8 Å². The van der Waals surface area contributed by atoms with Crippen LogP contribution in [0.25, 0.3) is 22.0 Å². The van der Waals surface area contributed by atoms with Gasteiger partial charge in [0.05, 0.1) is 4.88 Å². The summed E-state index contributed by atoms with van der Waals surface area (Å²) in [6.07, 6.45) is 1.14. The molecule has 3 rings (SSSR count). The van der Waals surface area contributed by atoms with Crippen molar-refractivity contribution in [3.8, 4) is 11.1 Å². The number of fused-ring (bicyclic) bond motifs is 1. The Balaban J connectivity index is 2.03. The van der Waals surface area contributed by atoms with Gasteiger partial charge in [-0.2, -0.15) is 0 Å². The number of carbonyl (C=O) groups is 2. The molecule has 0 aliphatic heterocycles. The van der Waals surface area contributed by atoms with Gasteiger partial charge in [-0.05, 0) is 29.1 Å². The Kier molecular flexibility index (Phi) is 3.31. The fourth-order valence-electron chi connectivity index (χ4n) is 2.22. The van der Waals surface area contributed by atoms with E-state index in [4.69, 9.17) is 5.11 Å². The minimum atomic E-state index is -1.16. The van der Waals surface area contributed by atoms with E-state index >= 15 is 0 Å². The highest BCUT2D eigenvalue weighted by atomic mass is 32.1. The van der Waals surface area contributed by atoms with Crippen molar-refractivity contribution in [3.05, 3.63) is 46.5 Å². The number of nitrogens with one attached hydrogen (secondary N) is 1. The average Bonchev–Trinajstić information content (AvgIpc) is 3.04. The largest absolute Gasteiger partial charge is 0.481 e. The Morgan fingerprint density at radius 3 is 2.90 bits per heavy atom. The lowest BCUT2D eigenvalue weighted by molar-refractivity contribution is -0.135. The highest BCUT2D eigenvalue weighted by Crippen LogP contribution is 2.33. The summed E-state index contributed by atoms with van der Waals surface area (Å²) in [5, 5.41) is 10.8. The first-order chi connectivity index (χ1) is 10.1. The van der Waals surface area contributed by atoms with Gasteiger partial charge in [0, 0.05) is 22.7 Å². The molecule has 0 atom stereocenters. The van der Waals surface area contributed by atoms with Gasteiger partial charge in [0.15, 0.2) is 5.78 Å². The minimum Gasteiger partial charge on any atom is -0.481 e. The Labute approximate surface area is 122 Å². The molecule has 0 radical (unpaired) electrons. The molecule has 2 heterocycles. The predicted octanol–water partition coefficient (Wildman–Crippen LogP) is 3.69. The highest BCUT2D eigenvalue weighted by Gasteiger charge is 2.16. The van der Waals surface area contributed by atoms with Gasteiger partial charge in [-0.1, -0.05) is 6.07 Å². The topological polar surface area (TPSA) is 70.2 Å². The molecule has 0 fully saturated rings. The summed E-state index contributed by atoms with van der Waals surface area (Å²) in [5.41, 5.74) is 2.04. The van der Waals surface area contributed by atoms with Crippen molar-refractivity contribution in [2.75, 3.05) is 0 Å². The van der Waals surface area contributed by atoms with Crippen molar-refractivity contribution in [1.82, 2.24) is 4.98 Å². The Morgan fingerprint density at radius 1 is 1.33 bits per heavy atom. The summed E-state index contributed by atoms with van der Waals surface area (Å²) in [5.74, 6) is -1.94. The smallest absolute Gasteiger partial charge is 0.311 e. The maximum atomic E-state index is 13.9. The molecular formula is C15H10FNO3S. The molecule has 6 heteroatoms. The summed E-state index contributed by atoms with van der Waals surface area (Å²) in [6, 6.07) is 6.37. The number of ketones is 1. The number of halogens is 1. The molecular weight excluding hydrogens is 293 g/mol. The second kappa shape index (κ2) is 5.14. The number of thiophene rings is 1. The van der Waals surface area contributed by atoms with Gasteiger partial charge in [-0.3, -0.25) is 9.59 Å². The lowest BCUT2D eigenvalue weighted by atomic mass is 10.1. The number of carboxylic acids is 1. The van der Waals surface area contributed by atoms with Gasteiger partial charge < -0.3 is 10.1 Å². The van der Waals surface area contributed by atoms with E-state index in [1.165, 1.54) is 6.07 Å². The van der Waals surface area contributed by atoms with Crippen LogP contribution in [0.2, 0.25) is 0 Å². The SMILES string of the molecule is O=C(O)CC(=O)c1cc(-c2c[nH]c3cccc(F)c23)cs1. The number of aromatic amines is 1. The number of benzene rings is 1. The highest BCUT2D eigenvalue weighted by molar-refractivity contribution is 7.12. The van der Waals surface area contributed by atoms with Gasteiger partial charge >= 0.3 is 5.97 Å². The van der Waals surface area contributed by atoms with E-state index in [9.17, 15) is 14.0 Å². The number of H-pyrrole nitrogens is 1. The van der Waals surface area contributed by atoms with E-state index in [2.05, 4.69) is 4.98 Å². The van der Waals surface area contributed by atoms with E-state index in [-0.39, 0.29) is 5.82 Å². The quantitative estimate of drug-likeness (QED) is 0.570. The zero-order valence-corrected chi connectivity index (χ0v) is 11.5. The number of rotatable bonds is 4. The standard InChI is InChI=1S/C15H10FNO3S/c16-10-2-1-3-11-15(10)9(6-17-11)8-4-13(21-7-8)12(18)5-14(19)20/h1-4,6-7,17H,5H2,(H,19,20). The van der Waals surface area contributed by atoms with Gasteiger partial charge in [0.1, 0.15) is 12.2 Å². The van der Waals surface area contributed by atoms with Crippen LogP contribution in [0.5, 0.6) is 0 Å². The molecule has 0 amide bonds. The Hall–Kier alpha value is -2.47. The van der Waals surface area contributed by atoms with Crippen LogP contribution in [0.15, 0.2) is 35.8 Å². The first-order valence-corrected chi connectivity index (χ1v) is 7.03. The maximum Gasteiger partial charge on any atom is 0.311 e. The number of carboxylic acid groups (broad SMARTS) is 1. The lowest BCUT2D eigenvalue weighted by Gasteiger charge is -1.97. The van der Waals surface area contributed by atoms with Crippen LogP contribution in [0.1, 0.15) is 16.1 Å². The molecule has 4 nitrogen and oxygen atoms in total. The first-order valence-electron chi connectivity index (χ1n) is 6.16. The van der Waals surface area contributed by atoms with Crippen molar-refractivity contribution in [2.45, 2.75) is 6.42 Å². The van der Waals surface area contributed by atoms with Crippen LogP contribution >= 0.6 is 11.3 Å². The van der Waals surface area contributed by atoms with Crippen LogP contribution in [0, 0.1) is 5.82 Å². The molecule has 3 aromatic rings. The molecule has 2 aromatic heterocycles. The molecule has 0 saturated heterocycles. The van der Waals surface area contributed by atoms with Crippen LogP contribution in [-0.4, -0.2) is 21.8 Å². The molecule has 2 N–H and O–H groups in total. The fourth-order valence-corrected chi connectivity index (χ4v) is 3.06. The molecule has 0 spiro atoms. The fraction of sp³-hybridized carbons (Fsp3) is 0.0667. The number of carbonyl (C=O) groups excluding carboxylic acids is 1. The molecule has 106 valence electrons. The third kappa shape index (κ3) is 2.45. The summed E-state index contributed by atoms with van der Waals surface area (Å²) in [7, 11) is 0. The van der Waals surface area contributed by atoms with E-state index in [0.29, 0.717) is 26.9 Å². The van der Waals surface area contributed by atoms with Gasteiger partial charge in [-0.15, -0.1) is 11.3 Å². The predicted molar refractivity (Wildman–Crippen MR) is 78.2 cm³/mol. The van der Waals surface area contributed by atoms with Gasteiger partial charge in [-0.25, -0.2) is 4.39 Å². The van der Waals surface area contributed by atoms with Gasteiger partial charge in [0.2, 0.25) is 0 Å². The first kappa shape index (κ1) is 13.5. The third-order valence-electron chi connectivity index (χ3n) is 3.15. The summed E-state index contributed by atoms with van der Waals surface area (Å²) < 4.78 is 13.9. The molecule has 0 saturated carbocycles. The van der Waals surface area contributed by atoms with Crippen molar-refractivity contribution in [1.29, 1.82) is 0 Å². The third-order valence-corrected chi connectivity index (χ3v) is 4.12. The van der Waals surface area contributed by atoms with Crippen molar-refractivity contribution in [3.63, 3.8) is 0 Å². The molecule has 0 bridgehead atoms. The summed E-state index contributed by atoms with van der Waals surface area (Å²) in [6.45, 7) is 0.